The molecule has 0 nitrogen and oxygen atoms in total. The molecule has 0 spiro atoms. The van der Waals surface area contributed by atoms with Crippen molar-refractivity contribution in [3.8, 4) is 11.8 Å². The van der Waals surface area contributed by atoms with Crippen LogP contribution in [0.5, 0.6) is 0 Å². The Balaban J connectivity index is 2.96. The minimum Gasteiger partial charge on any atom is -0.0906 e. The molecule has 0 unspecified atom stereocenters. The van der Waals surface area contributed by atoms with Gasteiger partial charge in [0.05, 0.1) is 0 Å². The number of allylic oxidation sites excluding steroid dienone is 1. The van der Waals surface area contributed by atoms with Crippen molar-refractivity contribution in [2.24, 2.45) is 0 Å². The van der Waals surface area contributed by atoms with Gasteiger partial charge in [-0.05, 0) is 30.7 Å². The van der Waals surface area contributed by atoms with Crippen LogP contribution in [0.1, 0.15) is 11.1 Å². The van der Waals surface area contributed by atoms with Crippen molar-refractivity contribution in [2.45, 2.75) is 6.92 Å². The summed E-state index contributed by atoms with van der Waals surface area (Å²) in [6, 6.07) is 8.10. The predicted octanol–water partition coefficient (Wildman–Crippen LogP) is 2.53. The van der Waals surface area contributed by atoms with Gasteiger partial charge in [-0.25, -0.2) is 0 Å². The zero-order chi connectivity index (χ0) is 8.10. The summed E-state index contributed by atoms with van der Waals surface area (Å²) in [6.07, 6.45) is 1.60. The molecule has 0 radical (unpaired) electrons. The number of benzene rings is 1. The molecule has 0 fully saturated rings. The predicted molar refractivity (Wildman–Crippen MR) is 48.3 cm³/mol. The molecule has 0 heterocycles. The van der Waals surface area contributed by atoms with E-state index in [1.807, 2.05) is 12.1 Å². The summed E-state index contributed by atoms with van der Waals surface area (Å²) in [4.78, 5) is 0. The largest absolute Gasteiger partial charge is 0.0906 e. The standard InChI is InChI=1S/C11H10/c1-3-4-7-11-8-5-6-10(2)9-11/h3,5-6,8-9H,1H2,2H3. The highest BCUT2D eigenvalue weighted by atomic mass is 13.9. The molecular weight excluding hydrogens is 132 g/mol. The van der Waals surface area contributed by atoms with Gasteiger partial charge in [0.2, 0.25) is 0 Å². The van der Waals surface area contributed by atoms with Crippen LogP contribution < -0.4 is 0 Å². The molecule has 0 saturated heterocycles. The molecule has 0 atom stereocenters. The van der Waals surface area contributed by atoms with E-state index in [4.69, 9.17) is 0 Å². The molecule has 11 heavy (non-hydrogen) atoms. The average molecular weight is 142 g/mol. The number of rotatable bonds is 0. The van der Waals surface area contributed by atoms with Crippen LogP contribution in [0.25, 0.3) is 0 Å². The summed E-state index contributed by atoms with van der Waals surface area (Å²) in [5.41, 5.74) is 2.28. The first kappa shape index (κ1) is 7.63. The van der Waals surface area contributed by atoms with Gasteiger partial charge in [0, 0.05) is 5.56 Å². The first-order valence-electron chi connectivity index (χ1n) is 3.52. The molecule has 0 heteroatoms. The molecule has 0 saturated carbocycles. The Morgan fingerprint density at radius 2 is 2.27 bits per heavy atom. The van der Waals surface area contributed by atoms with E-state index >= 15 is 0 Å². The molecule has 0 N–H and O–H groups in total. The lowest BCUT2D eigenvalue weighted by molar-refractivity contribution is 1.46. The summed E-state index contributed by atoms with van der Waals surface area (Å²) in [5.74, 6) is 5.77. The van der Waals surface area contributed by atoms with Crippen LogP contribution in [0, 0.1) is 18.8 Å². The van der Waals surface area contributed by atoms with Crippen molar-refractivity contribution in [2.75, 3.05) is 0 Å². The number of aryl methyl sites for hydroxylation is 1. The van der Waals surface area contributed by atoms with E-state index in [0.29, 0.717) is 0 Å². The maximum Gasteiger partial charge on any atom is 0.0251 e. The Bertz CT molecular complexity index is 310. The summed E-state index contributed by atoms with van der Waals surface area (Å²) >= 11 is 0. The quantitative estimate of drug-likeness (QED) is 0.488. The lowest BCUT2D eigenvalue weighted by Crippen LogP contribution is -1.74. The van der Waals surface area contributed by atoms with Gasteiger partial charge in [-0.3, -0.25) is 0 Å². The second kappa shape index (κ2) is 3.63. The third-order valence-corrected chi connectivity index (χ3v) is 1.34. The Labute approximate surface area is 67.6 Å². The van der Waals surface area contributed by atoms with Crippen molar-refractivity contribution in [1.29, 1.82) is 0 Å². The highest BCUT2D eigenvalue weighted by molar-refractivity contribution is 5.38. The average Bonchev–Trinajstić information content (AvgIpc) is 2.01. The zero-order valence-corrected chi connectivity index (χ0v) is 6.59. The highest BCUT2D eigenvalue weighted by Crippen LogP contribution is 2.01. The van der Waals surface area contributed by atoms with Crippen LogP contribution in [-0.4, -0.2) is 0 Å². The Hall–Kier alpha value is -1.48. The molecular formula is C11H10. The maximum atomic E-state index is 3.52. The van der Waals surface area contributed by atoms with Gasteiger partial charge >= 0.3 is 0 Å². The van der Waals surface area contributed by atoms with Crippen LogP contribution in [0.15, 0.2) is 36.9 Å². The van der Waals surface area contributed by atoms with Crippen LogP contribution >= 0.6 is 0 Å². The molecule has 0 aromatic heterocycles. The van der Waals surface area contributed by atoms with E-state index in [2.05, 4.69) is 37.5 Å². The Morgan fingerprint density at radius 3 is 2.91 bits per heavy atom. The van der Waals surface area contributed by atoms with E-state index in [0.717, 1.165) is 5.56 Å². The Morgan fingerprint density at radius 1 is 1.45 bits per heavy atom. The summed E-state index contributed by atoms with van der Waals surface area (Å²) in [7, 11) is 0. The lowest BCUT2D eigenvalue weighted by Gasteiger charge is -1.90. The van der Waals surface area contributed by atoms with Gasteiger partial charge in [-0.2, -0.15) is 0 Å². The first-order valence-corrected chi connectivity index (χ1v) is 3.52. The van der Waals surface area contributed by atoms with Crippen molar-refractivity contribution in [3.63, 3.8) is 0 Å². The van der Waals surface area contributed by atoms with Gasteiger partial charge in [0.25, 0.3) is 0 Å². The molecule has 1 rings (SSSR count). The molecule has 0 aliphatic carbocycles. The second-order valence-corrected chi connectivity index (χ2v) is 2.34. The van der Waals surface area contributed by atoms with Gasteiger partial charge < -0.3 is 0 Å². The molecule has 0 bridgehead atoms. The molecule has 54 valence electrons. The minimum absolute atomic E-state index is 1.05. The lowest BCUT2D eigenvalue weighted by atomic mass is 10.1. The third-order valence-electron chi connectivity index (χ3n) is 1.34. The summed E-state index contributed by atoms with van der Waals surface area (Å²) in [6.45, 7) is 5.58. The van der Waals surface area contributed by atoms with E-state index in [-0.39, 0.29) is 0 Å². The normalized spacial score (nSPS) is 8.09. The van der Waals surface area contributed by atoms with Crippen LogP contribution in [0.3, 0.4) is 0 Å². The SMILES string of the molecule is C=CC#Cc1cccc(C)c1. The van der Waals surface area contributed by atoms with Gasteiger partial charge in [-0.1, -0.05) is 30.6 Å². The van der Waals surface area contributed by atoms with E-state index in [1.165, 1.54) is 5.56 Å². The number of hydrogen-bond donors (Lipinski definition) is 0. The van der Waals surface area contributed by atoms with Gasteiger partial charge in [-0.15, -0.1) is 0 Å². The first-order chi connectivity index (χ1) is 5.33. The fourth-order valence-electron chi connectivity index (χ4n) is 0.857. The highest BCUT2D eigenvalue weighted by Gasteiger charge is 1.84. The zero-order valence-electron chi connectivity index (χ0n) is 6.59. The smallest absolute Gasteiger partial charge is 0.0251 e. The molecule has 1 aromatic carbocycles. The van der Waals surface area contributed by atoms with E-state index in [1.54, 1.807) is 6.08 Å². The molecule has 0 aliphatic heterocycles. The fraction of sp³-hybridized carbons (Fsp3) is 0.0909. The summed E-state index contributed by atoms with van der Waals surface area (Å²) in [5, 5.41) is 0. The van der Waals surface area contributed by atoms with E-state index < -0.39 is 0 Å². The molecule has 0 amide bonds. The van der Waals surface area contributed by atoms with Crippen molar-refractivity contribution < 1.29 is 0 Å². The van der Waals surface area contributed by atoms with Crippen molar-refractivity contribution in [3.05, 3.63) is 48.0 Å². The van der Waals surface area contributed by atoms with Crippen molar-refractivity contribution in [1.82, 2.24) is 0 Å². The fourth-order valence-corrected chi connectivity index (χ4v) is 0.857. The van der Waals surface area contributed by atoms with Crippen LogP contribution in [-0.2, 0) is 0 Å². The minimum atomic E-state index is 1.05. The topological polar surface area (TPSA) is 0 Å². The number of hydrogen-bond acceptors (Lipinski definition) is 0. The van der Waals surface area contributed by atoms with Gasteiger partial charge in [0.1, 0.15) is 0 Å². The molecule has 0 aliphatic rings. The molecule has 1 aromatic rings. The van der Waals surface area contributed by atoms with Crippen LogP contribution in [0.2, 0.25) is 0 Å². The van der Waals surface area contributed by atoms with Crippen LogP contribution in [0.4, 0.5) is 0 Å². The second-order valence-electron chi connectivity index (χ2n) is 2.34. The summed E-state index contributed by atoms with van der Waals surface area (Å²) < 4.78 is 0. The van der Waals surface area contributed by atoms with E-state index in [9.17, 15) is 0 Å². The van der Waals surface area contributed by atoms with Crippen molar-refractivity contribution >= 4 is 0 Å². The third kappa shape index (κ3) is 2.31. The monoisotopic (exact) mass is 142 g/mol. The maximum absolute atomic E-state index is 3.52. The Kier molecular flexibility index (Phi) is 2.52. The van der Waals surface area contributed by atoms with Gasteiger partial charge in [0.15, 0.2) is 0 Å².